The van der Waals surface area contributed by atoms with Gasteiger partial charge in [-0.15, -0.1) is 0 Å². The quantitative estimate of drug-likeness (QED) is 0.729. The summed E-state index contributed by atoms with van der Waals surface area (Å²) in [6.45, 7) is 0.461. The Hall–Kier alpha value is -1.03. The Bertz CT molecular complexity index is 365. The molecule has 14 heavy (non-hydrogen) atoms. The van der Waals surface area contributed by atoms with E-state index < -0.39 is 17.5 Å². The van der Waals surface area contributed by atoms with Crippen molar-refractivity contribution in [3.05, 3.63) is 35.1 Å². The van der Waals surface area contributed by atoms with Crippen molar-refractivity contribution in [1.82, 2.24) is 0 Å². The van der Waals surface area contributed by atoms with Crippen molar-refractivity contribution < 1.29 is 13.2 Å². The molecule has 4 heteroatoms. The van der Waals surface area contributed by atoms with Crippen LogP contribution in [0.5, 0.6) is 0 Å². The van der Waals surface area contributed by atoms with E-state index in [9.17, 15) is 13.2 Å². The summed E-state index contributed by atoms with van der Waals surface area (Å²) in [4.78, 5) is 0. The molecule has 2 N–H and O–H groups in total. The number of hydrogen-bond donors (Lipinski definition) is 1. The van der Waals surface area contributed by atoms with Crippen molar-refractivity contribution in [3.63, 3.8) is 0 Å². The summed E-state index contributed by atoms with van der Waals surface area (Å²) in [5.74, 6) is -2.63. The predicted molar refractivity (Wildman–Crippen MR) is 46.2 cm³/mol. The molecule has 0 saturated heterocycles. The number of halogens is 3. The largest absolute Gasteiger partial charge is 0.330 e. The van der Waals surface area contributed by atoms with Crippen LogP contribution in [-0.2, 0) is 0 Å². The molecule has 2 rings (SSSR count). The molecule has 0 aromatic heterocycles. The van der Waals surface area contributed by atoms with Crippen LogP contribution in [0.4, 0.5) is 13.2 Å². The van der Waals surface area contributed by atoms with Crippen molar-refractivity contribution in [1.29, 1.82) is 0 Å². The van der Waals surface area contributed by atoms with E-state index in [2.05, 4.69) is 0 Å². The van der Waals surface area contributed by atoms with Crippen LogP contribution >= 0.6 is 0 Å². The van der Waals surface area contributed by atoms with E-state index in [0.29, 0.717) is 12.6 Å². The Morgan fingerprint density at radius 1 is 1.14 bits per heavy atom. The average molecular weight is 201 g/mol. The van der Waals surface area contributed by atoms with Gasteiger partial charge < -0.3 is 5.73 Å². The lowest BCUT2D eigenvalue weighted by Gasteiger charge is -2.02. The van der Waals surface area contributed by atoms with Crippen LogP contribution < -0.4 is 5.73 Å². The molecule has 0 aliphatic heterocycles. The monoisotopic (exact) mass is 201 g/mol. The van der Waals surface area contributed by atoms with Gasteiger partial charge in [0.05, 0.1) is 0 Å². The maximum absolute atomic E-state index is 13.2. The fourth-order valence-electron chi connectivity index (χ4n) is 1.71. The highest BCUT2D eigenvalue weighted by atomic mass is 19.2. The molecule has 76 valence electrons. The minimum absolute atomic E-state index is 0.0323. The van der Waals surface area contributed by atoms with Crippen LogP contribution in [0, 0.1) is 23.4 Å². The molecule has 0 spiro atoms. The highest BCUT2D eigenvalue weighted by Gasteiger charge is 2.39. The summed E-state index contributed by atoms with van der Waals surface area (Å²) in [5.41, 5.74) is 5.64. The molecule has 1 aromatic carbocycles. The molecule has 1 aromatic rings. The lowest BCUT2D eigenvalue weighted by molar-refractivity contribution is 0.489. The van der Waals surface area contributed by atoms with Gasteiger partial charge in [-0.05, 0) is 36.4 Å². The molecule has 1 nitrogen and oxygen atoms in total. The second-order valence-electron chi connectivity index (χ2n) is 3.63. The van der Waals surface area contributed by atoms with Crippen molar-refractivity contribution in [3.8, 4) is 0 Å². The minimum atomic E-state index is -1.14. The second kappa shape index (κ2) is 3.28. The number of hydrogen-bond acceptors (Lipinski definition) is 1. The van der Waals surface area contributed by atoms with E-state index in [1.807, 2.05) is 0 Å². The number of nitrogens with two attached hydrogens (primary N) is 1. The summed E-state index contributed by atoms with van der Waals surface area (Å²) >= 11 is 0. The molecular formula is C10H10F3N. The molecular weight excluding hydrogens is 191 g/mol. The summed E-state index contributed by atoms with van der Waals surface area (Å²) in [5, 5.41) is 0. The second-order valence-corrected chi connectivity index (χ2v) is 3.63. The summed E-state index contributed by atoms with van der Waals surface area (Å²) in [6, 6.07) is 1.53. The first kappa shape index (κ1) is 9.52. The van der Waals surface area contributed by atoms with Gasteiger partial charge in [-0.25, -0.2) is 13.2 Å². The Morgan fingerprint density at radius 2 is 1.79 bits per heavy atom. The predicted octanol–water partition coefficient (Wildman–Crippen LogP) is 2.17. The third-order valence-corrected chi connectivity index (χ3v) is 2.66. The Morgan fingerprint density at radius 3 is 2.36 bits per heavy atom. The first-order valence-electron chi connectivity index (χ1n) is 4.48. The van der Waals surface area contributed by atoms with Crippen LogP contribution in [0.3, 0.4) is 0 Å². The molecule has 1 saturated carbocycles. The molecule has 1 fully saturated rings. The molecule has 2 unspecified atom stereocenters. The molecule has 1 aliphatic rings. The molecule has 0 amide bonds. The van der Waals surface area contributed by atoms with E-state index in [1.165, 1.54) is 0 Å². The summed E-state index contributed by atoms with van der Waals surface area (Å²) in [6.07, 6.45) is 0.762. The van der Waals surface area contributed by atoms with E-state index in [1.54, 1.807) is 0 Å². The van der Waals surface area contributed by atoms with Crippen molar-refractivity contribution in [2.24, 2.45) is 11.7 Å². The zero-order valence-corrected chi connectivity index (χ0v) is 7.43. The molecule has 0 radical (unpaired) electrons. The van der Waals surface area contributed by atoms with Gasteiger partial charge in [-0.2, -0.15) is 0 Å². The van der Waals surface area contributed by atoms with E-state index in [0.717, 1.165) is 12.5 Å². The maximum Gasteiger partial charge on any atom is 0.161 e. The Kier molecular flexibility index (Phi) is 2.23. The summed E-state index contributed by atoms with van der Waals surface area (Å²) in [7, 11) is 0. The van der Waals surface area contributed by atoms with Crippen LogP contribution in [0.15, 0.2) is 12.1 Å². The van der Waals surface area contributed by atoms with Crippen molar-refractivity contribution >= 4 is 0 Å². The number of rotatable bonds is 2. The van der Waals surface area contributed by atoms with Crippen molar-refractivity contribution in [2.75, 3.05) is 6.54 Å². The summed E-state index contributed by atoms with van der Waals surface area (Å²) < 4.78 is 38.6. The topological polar surface area (TPSA) is 26.0 Å². The van der Waals surface area contributed by atoms with Crippen LogP contribution in [0.25, 0.3) is 0 Å². The lowest BCUT2D eigenvalue weighted by atomic mass is 10.1. The van der Waals surface area contributed by atoms with Gasteiger partial charge >= 0.3 is 0 Å². The van der Waals surface area contributed by atoms with Gasteiger partial charge in [-0.1, -0.05) is 0 Å². The van der Waals surface area contributed by atoms with Gasteiger partial charge in [0, 0.05) is 6.07 Å². The SMILES string of the molecule is NCC1CC1c1cc(F)c(F)cc1F. The Balaban J connectivity index is 2.31. The maximum atomic E-state index is 13.2. The first-order chi connectivity index (χ1) is 6.63. The van der Waals surface area contributed by atoms with Crippen LogP contribution in [0.2, 0.25) is 0 Å². The van der Waals surface area contributed by atoms with E-state index >= 15 is 0 Å². The van der Waals surface area contributed by atoms with Crippen LogP contribution in [-0.4, -0.2) is 6.54 Å². The van der Waals surface area contributed by atoms with Gasteiger partial charge in [0.2, 0.25) is 0 Å². The third kappa shape index (κ3) is 1.50. The molecule has 2 atom stereocenters. The molecule has 0 heterocycles. The average Bonchev–Trinajstić information content (AvgIpc) is 2.90. The van der Waals surface area contributed by atoms with E-state index in [4.69, 9.17) is 5.73 Å². The smallest absolute Gasteiger partial charge is 0.161 e. The highest BCUT2D eigenvalue weighted by Crippen LogP contribution is 2.47. The first-order valence-corrected chi connectivity index (χ1v) is 4.48. The lowest BCUT2D eigenvalue weighted by Crippen LogP contribution is -2.03. The molecule has 0 bridgehead atoms. The standard InChI is InChI=1S/C10H10F3N/c11-8-3-10(13)9(12)2-7(8)6-1-5(6)4-14/h2-3,5-6H,1,4,14H2. The fourth-order valence-corrected chi connectivity index (χ4v) is 1.71. The zero-order chi connectivity index (χ0) is 10.3. The Labute approximate surface area is 79.7 Å². The zero-order valence-electron chi connectivity index (χ0n) is 7.43. The van der Waals surface area contributed by atoms with Crippen molar-refractivity contribution in [2.45, 2.75) is 12.3 Å². The normalized spacial score (nSPS) is 25.1. The minimum Gasteiger partial charge on any atom is -0.330 e. The van der Waals surface area contributed by atoms with Gasteiger partial charge in [0.25, 0.3) is 0 Å². The van der Waals surface area contributed by atoms with E-state index in [-0.39, 0.29) is 17.4 Å². The van der Waals surface area contributed by atoms with Gasteiger partial charge in [0.15, 0.2) is 11.6 Å². The molecule has 1 aliphatic carbocycles. The van der Waals surface area contributed by atoms with Gasteiger partial charge in [-0.3, -0.25) is 0 Å². The fraction of sp³-hybridized carbons (Fsp3) is 0.400. The van der Waals surface area contributed by atoms with Crippen LogP contribution in [0.1, 0.15) is 17.9 Å². The number of benzene rings is 1. The highest BCUT2D eigenvalue weighted by molar-refractivity contribution is 5.29. The third-order valence-electron chi connectivity index (χ3n) is 2.66. The van der Waals surface area contributed by atoms with Gasteiger partial charge in [0.1, 0.15) is 5.82 Å².